The first kappa shape index (κ1) is 29.0. The van der Waals surface area contributed by atoms with E-state index in [2.05, 4.69) is 5.32 Å². The van der Waals surface area contributed by atoms with Crippen molar-refractivity contribution in [2.24, 2.45) is 11.8 Å². The summed E-state index contributed by atoms with van der Waals surface area (Å²) in [6.45, 7) is 1.27. The Kier molecular flexibility index (Phi) is 8.75. The van der Waals surface area contributed by atoms with Crippen molar-refractivity contribution in [2.75, 3.05) is 10.6 Å². The van der Waals surface area contributed by atoms with E-state index in [4.69, 9.17) is 0 Å². The lowest BCUT2D eigenvalue weighted by atomic mass is 9.82. The number of amides is 2. The maximum atomic E-state index is 14.1. The Morgan fingerprint density at radius 2 is 1.42 bits per heavy atom. The third kappa shape index (κ3) is 6.29. The van der Waals surface area contributed by atoms with Gasteiger partial charge < -0.3 is 15.7 Å². The molecule has 6 nitrogen and oxygen atoms in total. The SMILES string of the molecule is CC(Sc1ccc(NC(=O)C2CC=CCC2C(=O)O)cc1)C(=O)Nc1c(F)c(F)c(C(F)(F)F)c(F)c1F. The molecule has 3 atom stereocenters. The summed E-state index contributed by atoms with van der Waals surface area (Å²) in [6.07, 6.45) is -1.81. The Labute approximate surface area is 215 Å². The van der Waals surface area contributed by atoms with Gasteiger partial charge in [-0.1, -0.05) is 12.2 Å². The van der Waals surface area contributed by atoms with Gasteiger partial charge in [0.1, 0.15) is 11.3 Å². The normalized spacial score (nSPS) is 18.1. The van der Waals surface area contributed by atoms with Crippen molar-refractivity contribution in [3.05, 3.63) is 65.2 Å². The molecule has 38 heavy (non-hydrogen) atoms. The predicted octanol–water partition coefficient (Wildman–Crippen LogP) is 5.99. The molecule has 2 amide bonds. The maximum absolute atomic E-state index is 14.1. The minimum Gasteiger partial charge on any atom is -0.481 e. The highest BCUT2D eigenvalue weighted by Gasteiger charge is 2.42. The van der Waals surface area contributed by atoms with Crippen LogP contribution in [0.1, 0.15) is 25.3 Å². The molecule has 3 rings (SSSR count). The molecule has 204 valence electrons. The van der Waals surface area contributed by atoms with Gasteiger partial charge in [-0.25, -0.2) is 17.6 Å². The van der Waals surface area contributed by atoms with Gasteiger partial charge in [0, 0.05) is 10.6 Å². The highest BCUT2D eigenvalue weighted by molar-refractivity contribution is 8.00. The minimum atomic E-state index is -5.71. The molecule has 0 radical (unpaired) electrons. The van der Waals surface area contributed by atoms with Gasteiger partial charge in [-0.3, -0.25) is 14.4 Å². The molecule has 0 aromatic heterocycles. The van der Waals surface area contributed by atoms with Crippen LogP contribution in [0.15, 0.2) is 41.3 Å². The van der Waals surface area contributed by atoms with E-state index < -0.39 is 75.6 Å². The van der Waals surface area contributed by atoms with Crippen LogP contribution in [0.4, 0.5) is 42.1 Å². The molecule has 0 heterocycles. The minimum absolute atomic E-state index is 0.225. The van der Waals surface area contributed by atoms with Gasteiger partial charge >= 0.3 is 12.1 Å². The molecule has 1 aliphatic rings. The molecular formula is C24H19F7N2O4S. The van der Waals surface area contributed by atoms with Gasteiger partial charge in [-0.2, -0.15) is 13.2 Å². The Morgan fingerprint density at radius 1 is 0.895 bits per heavy atom. The molecule has 2 aromatic rings. The molecule has 0 spiro atoms. The lowest BCUT2D eigenvalue weighted by molar-refractivity contribution is -0.146. The fraction of sp³-hybridized carbons (Fsp3) is 0.292. The zero-order valence-corrected chi connectivity index (χ0v) is 20.2. The van der Waals surface area contributed by atoms with Crippen LogP contribution in [0, 0.1) is 35.1 Å². The Morgan fingerprint density at radius 3 is 1.92 bits per heavy atom. The Bertz CT molecular complexity index is 1250. The van der Waals surface area contributed by atoms with E-state index in [1.54, 1.807) is 17.5 Å². The number of halogens is 7. The third-order valence-electron chi connectivity index (χ3n) is 5.69. The molecule has 3 N–H and O–H groups in total. The van der Waals surface area contributed by atoms with Crippen molar-refractivity contribution < 1.29 is 50.2 Å². The van der Waals surface area contributed by atoms with Crippen LogP contribution < -0.4 is 10.6 Å². The van der Waals surface area contributed by atoms with Crippen LogP contribution in [0.3, 0.4) is 0 Å². The largest absolute Gasteiger partial charge is 0.481 e. The molecular weight excluding hydrogens is 545 g/mol. The summed E-state index contributed by atoms with van der Waals surface area (Å²) in [5, 5.41) is 12.4. The van der Waals surface area contributed by atoms with Crippen LogP contribution in [0.2, 0.25) is 0 Å². The quantitative estimate of drug-likeness (QED) is 0.166. The summed E-state index contributed by atoms with van der Waals surface area (Å²) in [4.78, 5) is 36.7. The molecule has 1 aliphatic carbocycles. The number of allylic oxidation sites excluding steroid dienone is 2. The van der Waals surface area contributed by atoms with E-state index in [0.717, 1.165) is 11.8 Å². The molecule has 0 fully saturated rings. The standard InChI is InChI=1S/C24H19F7N2O4S/c1-10(21(34)33-20-18(27)16(25)15(24(29,30)31)17(26)19(20)28)38-12-8-6-11(7-9-12)32-22(35)13-4-2-3-5-14(13)23(36)37/h2-3,6-10,13-14H,4-5H2,1H3,(H,32,35)(H,33,34)(H,36,37). The lowest BCUT2D eigenvalue weighted by Crippen LogP contribution is -2.34. The molecule has 2 aromatic carbocycles. The van der Waals surface area contributed by atoms with Crippen molar-refractivity contribution in [2.45, 2.75) is 36.1 Å². The van der Waals surface area contributed by atoms with E-state index >= 15 is 0 Å². The van der Waals surface area contributed by atoms with E-state index in [1.165, 1.54) is 31.2 Å². The van der Waals surface area contributed by atoms with Crippen LogP contribution in [0.5, 0.6) is 0 Å². The Hall–Kier alpha value is -3.55. The number of hydrogen-bond acceptors (Lipinski definition) is 4. The van der Waals surface area contributed by atoms with Crippen molar-refractivity contribution in [3.63, 3.8) is 0 Å². The van der Waals surface area contributed by atoms with Crippen LogP contribution in [-0.2, 0) is 20.6 Å². The molecule has 3 unspecified atom stereocenters. The molecule has 0 saturated heterocycles. The number of hydrogen-bond donors (Lipinski definition) is 3. The smallest absolute Gasteiger partial charge is 0.422 e. The summed E-state index contributed by atoms with van der Waals surface area (Å²) in [5.41, 5.74) is -4.12. The summed E-state index contributed by atoms with van der Waals surface area (Å²) in [5.74, 6) is -14.6. The summed E-state index contributed by atoms with van der Waals surface area (Å²) >= 11 is 0.834. The van der Waals surface area contributed by atoms with Crippen molar-refractivity contribution in [3.8, 4) is 0 Å². The third-order valence-corrected chi connectivity index (χ3v) is 6.80. The molecule has 0 bridgehead atoms. The zero-order chi connectivity index (χ0) is 28.4. The van der Waals surface area contributed by atoms with E-state index in [9.17, 15) is 50.2 Å². The molecule has 0 saturated carbocycles. The number of anilines is 2. The van der Waals surface area contributed by atoms with Gasteiger partial charge in [0.15, 0.2) is 23.3 Å². The first-order chi connectivity index (χ1) is 17.7. The van der Waals surface area contributed by atoms with Gasteiger partial charge in [-0.05, 0) is 44.0 Å². The van der Waals surface area contributed by atoms with E-state index in [-0.39, 0.29) is 12.8 Å². The topological polar surface area (TPSA) is 95.5 Å². The number of carbonyl (C=O) groups is 3. The summed E-state index contributed by atoms with van der Waals surface area (Å²) < 4.78 is 93.9. The van der Waals surface area contributed by atoms with Gasteiger partial charge in [0.05, 0.1) is 17.1 Å². The number of alkyl halides is 3. The fourth-order valence-electron chi connectivity index (χ4n) is 3.70. The molecule has 14 heteroatoms. The predicted molar refractivity (Wildman–Crippen MR) is 123 cm³/mol. The van der Waals surface area contributed by atoms with Gasteiger partial charge in [0.25, 0.3) is 0 Å². The highest BCUT2D eigenvalue weighted by atomic mass is 32.2. The fourth-order valence-corrected chi connectivity index (χ4v) is 4.57. The molecule has 0 aliphatic heterocycles. The second kappa shape index (κ2) is 11.5. The zero-order valence-electron chi connectivity index (χ0n) is 19.3. The van der Waals surface area contributed by atoms with Gasteiger partial charge in [-0.15, -0.1) is 11.8 Å². The number of thioether (sulfide) groups is 1. The van der Waals surface area contributed by atoms with E-state index in [1.807, 2.05) is 0 Å². The first-order valence-electron chi connectivity index (χ1n) is 10.9. The average molecular weight is 564 g/mol. The number of aliphatic carboxylic acids is 1. The second-order valence-corrected chi connectivity index (χ2v) is 9.67. The summed E-state index contributed by atoms with van der Waals surface area (Å²) in [7, 11) is 0. The van der Waals surface area contributed by atoms with Crippen molar-refractivity contribution in [1.29, 1.82) is 0 Å². The summed E-state index contributed by atoms with van der Waals surface area (Å²) in [6, 6.07) is 5.86. The van der Waals surface area contributed by atoms with Crippen molar-refractivity contribution >= 4 is 40.9 Å². The first-order valence-corrected chi connectivity index (χ1v) is 11.8. The number of carboxylic acid groups (broad SMARTS) is 1. The van der Waals surface area contributed by atoms with Crippen LogP contribution in [-0.4, -0.2) is 28.1 Å². The number of carboxylic acids is 1. The number of benzene rings is 2. The number of rotatable bonds is 7. The van der Waals surface area contributed by atoms with Crippen molar-refractivity contribution in [1.82, 2.24) is 0 Å². The average Bonchev–Trinajstić information content (AvgIpc) is 2.85. The van der Waals surface area contributed by atoms with Crippen LogP contribution in [0.25, 0.3) is 0 Å². The monoisotopic (exact) mass is 564 g/mol. The van der Waals surface area contributed by atoms with E-state index in [0.29, 0.717) is 10.6 Å². The Balaban J connectivity index is 1.66. The van der Waals surface area contributed by atoms with Crippen LogP contribution >= 0.6 is 11.8 Å². The van der Waals surface area contributed by atoms with Gasteiger partial charge in [0.2, 0.25) is 11.8 Å². The second-order valence-electron chi connectivity index (χ2n) is 8.26. The number of nitrogens with one attached hydrogen (secondary N) is 2. The highest BCUT2D eigenvalue weighted by Crippen LogP contribution is 2.39. The maximum Gasteiger partial charge on any atom is 0.422 e. The lowest BCUT2D eigenvalue weighted by Gasteiger charge is -2.24. The number of carbonyl (C=O) groups excluding carboxylic acids is 2.